The number of ether oxygens (including phenoxy) is 3. The van der Waals surface area contributed by atoms with Crippen LogP contribution in [0.5, 0.6) is 11.5 Å². The molecule has 1 saturated heterocycles. The maximum absolute atomic E-state index is 14.0. The van der Waals surface area contributed by atoms with Crippen molar-refractivity contribution in [1.82, 2.24) is 4.90 Å². The molecular formula is C22H24FNO4. The van der Waals surface area contributed by atoms with Crippen LogP contribution in [-0.2, 0) is 16.8 Å². The molecule has 2 aliphatic rings. The van der Waals surface area contributed by atoms with Gasteiger partial charge in [-0.2, -0.15) is 0 Å². The van der Waals surface area contributed by atoms with Crippen LogP contribution in [0.3, 0.4) is 0 Å². The minimum absolute atomic E-state index is 0.000793. The molecular weight excluding hydrogens is 361 g/mol. The summed E-state index contributed by atoms with van der Waals surface area (Å²) in [5, 5.41) is 0. The molecule has 6 heteroatoms. The van der Waals surface area contributed by atoms with Gasteiger partial charge in [0.1, 0.15) is 5.75 Å². The fourth-order valence-electron chi connectivity index (χ4n) is 4.32. The summed E-state index contributed by atoms with van der Waals surface area (Å²) >= 11 is 0. The number of piperidine rings is 1. The standard InChI is InChI=1S/C22H24FNO4/c1-26-16-6-7-18-15(14-16)8-13-28-22(18)9-11-24(12-10-22)21(25)17-4-3-5-19(23)20(17)27-2/h3-7,14H,8-13H2,1-2H3. The number of halogens is 1. The number of hydrogen-bond donors (Lipinski definition) is 0. The van der Waals surface area contributed by atoms with E-state index in [0.29, 0.717) is 32.5 Å². The van der Waals surface area contributed by atoms with Gasteiger partial charge in [0.05, 0.1) is 32.0 Å². The summed E-state index contributed by atoms with van der Waals surface area (Å²) in [6, 6.07) is 10.6. The number of likely N-dealkylation sites (tertiary alicyclic amines) is 1. The second-order valence-corrected chi connectivity index (χ2v) is 7.23. The SMILES string of the molecule is COc1ccc2c(c1)CCOC21CCN(C(=O)c2cccc(F)c2OC)CC1. The van der Waals surface area contributed by atoms with Gasteiger partial charge in [0.2, 0.25) is 0 Å². The average molecular weight is 385 g/mol. The molecule has 2 heterocycles. The Kier molecular flexibility index (Phi) is 4.98. The Hall–Kier alpha value is -2.60. The number of methoxy groups -OCH3 is 2. The second-order valence-electron chi connectivity index (χ2n) is 7.23. The van der Waals surface area contributed by atoms with Crippen molar-refractivity contribution in [2.24, 2.45) is 0 Å². The molecule has 148 valence electrons. The van der Waals surface area contributed by atoms with Crippen molar-refractivity contribution in [3.05, 3.63) is 58.9 Å². The van der Waals surface area contributed by atoms with Crippen LogP contribution in [0.25, 0.3) is 0 Å². The largest absolute Gasteiger partial charge is 0.497 e. The second kappa shape index (κ2) is 7.43. The molecule has 0 unspecified atom stereocenters. The maximum atomic E-state index is 14.0. The van der Waals surface area contributed by atoms with E-state index in [0.717, 1.165) is 12.2 Å². The molecule has 1 amide bonds. The van der Waals surface area contributed by atoms with Gasteiger partial charge in [-0.3, -0.25) is 4.79 Å². The van der Waals surface area contributed by atoms with E-state index < -0.39 is 5.82 Å². The average Bonchev–Trinajstić information content (AvgIpc) is 2.73. The van der Waals surface area contributed by atoms with Crippen LogP contribution in [0.4, 0.5) is 4.39 Å². The number of nitrogens with zero attached hydrogens (tertiary/aromatic N) is 1. The summed E-state index contributed by atoms with van der Waals surface area (Å²) < 4.78 is 30.7. The van der Waals surface area contributed by atoms with E-state index in [-0.39, 0.29) is 22.8 Å². The van der Waals surface area contributed by atoms with Crippen LogP contribution in [0.15, 0.2) is 36.4 Å². The normalized spacial score (nSPS) is 17.9. The molecule has 1 fully saturated rings. The number of para-hydroxylation sites is 1. The molecule has 2 aromatic carbocycles. The first kappa shape index (κ1) is 18.7. The summed E-state index contributed by atoms with van der Waals surface area (Å²) in [6.07, 6.45) is 2.27. The number of carbonyl (C=O) groups is 1. The van der Waals surface area contributed by atoms with E-state index in [1.807, 2.05) is 6.07 Å². The number of rotatable bonds is 3. The maximum Gasteiger partial charge on any atom is 0.257 e. The number of amides is 1. The van der Waals surface area contributed by atoms with Gasteiger partial charge in [-0.1, -0.05) is 12.1 Å². The number of fused-ring (bicyclic) bond motifs is 2. The van der Waals surface area contributed by atoms with Crippen LogP contribution >= 0.6 is 0 Å². The van der Waals surface area contributed by atoms with Gasteiger partial charge in [-0.15, -0.1) is 0 Å². The molecule has 5 nitrogen and oxygen atoms in total. The Balaban J connectivity index is 1.55. The lowest BCUT2D eigenvalue weighted by Crippen LogP contribution is -2.48. The molecule has 4 rings (SSSR count). The fourth-order valence-corrected chi connectivity index (χ4v) is 4.32. The summed E-state index contributed by atoms with van der Waals surface area (Å²) in [6.45, 7) is 1.75. The third-order valence-electron chi connectivity index (χ3n) is 5.81. The molecule has 0 saturated carbocycles. The van der Waals surface area contributed by atoms with Gasteiger partial charge < -0.3 is 19.1 Å². The van der Waals surface area contributed by atoms with Crippen LogP contribution in [0.1, 0.15) is 34.3 Å². The third kappa shape index (κ3) is 3.11. The van der Waals surface area contributed by atoms with Crippen molar-refractivity contribution in [3.63, 3.8) is 0 Å². The molecule has 28 heavy (non-hydrogen) atoms. The predicted octanol–water partition coefficient (Wildman–Crippen LogP) is 3.55. The highest BCUT2D eigenvalue weighted by Crippen LogP contribution is 2.42. The summed E-state index contributed by atoms with van der Waals surface area (Å²) in [4.78, 5) is 14.7. The number of hydrogen-bond acceptors (Lipinski definition) is 4. The monoisotopic (exact) mass is 385 g/mol. The van der Waals surface area contributed by atoms with Crippen LogP contribution in [0, 0.1) is 5.82 Å². The molecule has 0 bridgehead atoms. The first-order valence-corrected chi connectivity index (χ1v) is 9.51. The Morgan fingerprint density at radius 1 is 1.14 bits per heavy atom. The van der Waals surface area contributed by atoms with Gasteiger partial charge in [-0.25, -0.2) is 4.39 Å². The summed E-state index contributed by atoms with van der Waals surface area (Å²) in [7, 11) is 3.04. The molecule has 0 N–H and O–H groups in total. The third-order valence-corrected chi connectivity index (χ3v) is 5.81. The van der Waals surface area contributed by atoms with Crippen molar-refractivity contribution in [1.29, 1.82) is 0 Å². The van der Waals surface area contributed by atoms with Gasteiger partial charge in [0, 0.05) is 13.1 Å². The van der Waals surface area contributed by atoms with Crippen molar-refractivity contribution in [3.8, 4) is 11.5 Å². The van der Waals surface area contributed by atoms with Crippen molar-refractivity contribution in [2.45, 2.75) is 24.9 Å². The quantitative estimate of drug-likeness (QED) is 0.811. The molecule has 0 aromatic heterocycles. The van der Waals surface area contributed by atoms with Crippen LogP contribution in [-0.4, -0.2) is 44.7 Å². The first-order valence-electron chi connectivity index (χ1n) is 9.51. The lowest BCUT2D eigenvalue weighted by atomic mass is 9.79. The Bertz CT molecular complexity index is 890. The lowest BCUT2D eigenvalue weighted by molar-refractivity contribution is -0.0935. The predicted molar refractivity (Wildman–Crippen MR) is 102 cm³/mol. The molecule has 0 radical (unpaired) electrons. The zero-order valence-corrected chi connectivity index (χ0v) is 16.2. The van der Waals surface area contributed by atoms with E-state index in [4.69, 9.17) is 14.2 Å². The Morgan fingerprint density at radius 2 is 1.93 bits per heavy atom. The summed E-state index contributed by atoms with van der Waals surface area (Å²) in [5.74, 6) is 0.109. The van der Waals surface area contributed by atoms with Crippen molar-refractivity contribution >= 4 is 5.91 Å². The van der Waals surface area contributed by atoms with E-state index >= 15 is 0 Å². The van der Waals surface area contributed by atoms with E-state index in [1.54, 1.807) is 18.1 Å². The lowest BCUT2D eigenvalue weighted by Gasteiger charge is -2.45. The zero-order chi connectivity index (χ0) is 19.7. The van der Waals surface area contributed by atoms with Gasteiger partial charge in [0.25, 0.3) is 5.91 Å². The molecule has 0 aliphatic carbocycles. The van der Waals surface area contributed by atoms with E-state index in [2.05, 4.69) is 12.1 Å². The van der Waals surface area contributed by atoms with Crippen LogP contribution in [0.2, 0.25) is 0 Å². The molecule has 2 aromatic rings. The number of benzene rings is 2. The summed E-state index contributed by atoms with van der Waals surface area (Å²) in [5.41, 5.74) is 2.32. The van der Waals surface area contributed by atoms with Crippen LogP contribution < -0.4 is 9.47 Å². The highest BCUT2D eigenvalue weighted by Gasteiger charge is 2.42. The Morgan fingerprint density at radius 3 is 2.64 bits per heavy atom. The first-order chi connectivity index (χ1) is 13.6. The van der Waals surface area contributed by atoms with Crippen molar-refractivity contribution < 1.29 is 23.4 Å². The number of carbonyl (C=O) groups excluding carboxylic acids is 1. The van der Waals surface area contributed by atoms with Gasteiger partial charge in [0.15, 0.2) is 11.6 Å². The fraction of sp³-hybridized carbons (Fsp3) is 0.409. The van der Waals surface area contributed by atoms with Crippen molar-refractivity contribution in [2.75, 3.05) is 33.9 Å². The minimum Gasteiger partial charge on any atom is -0.497 e. The molecule has 1 spiro atoms. The van der Waals surface area contributed by atoms with Gasteiger partial charge >= 0.3 is 0 Å². The topological polar surface area (TPSA) is 48.0 Å². The minimum atomic E-state index is -0.527. The Labute approximate surface area is 164 Å². The highest BCUT2D eigenvalue weighted by atomic mass is 19.1. The smallest absolute Gasteiger partial charge is 0.257 e. The van der Waals surface area contributed by atoms with Gasteiger partial charge in [-0.05, 0) is 54.7 Å². The molecule has 0 atom stereocenters. The molecule has 2 aliphatic heterocycles. The van der Waals surface area contributed by atoms with E-state index in [1.165, 1.54) is 30.4 Å². The highest BCUT2D eigenvalue weighted by molar-refractivity contribution is 5.97. The van der Waals surface area contributed by atoms with E-state index in [9.17, 15) is 9.18 Å². The zero-order valence-electron chi connectivity index (χ0n) is 16.2.